The maximum absolute atomic E-state index is 13.0. The van der Waals surface area contributed by atoms with Crippen LogP contribution in [0.4, 0.5) is 5.69 Å². The minimum atomic E-state index is -3.57. The van der Waals surface area contributed by atoms with Crippen LogP contribution < -0.4 is 4.31 Å². The summed E-state index contributed by atoms with van der Waals surface area (Å²) in [6, 6.07) is 6.01. The minimum Gasteiger partial charge on any atom is -0.338 e. The Hall–Kier alpha value is -1.56. The lowest BCUT2D eigenvalue weighted by Gasteiger charge is -2.37. The molecular formula is C20H32N2O3S. The second-order valence-electron chi connectivity index (χ2n) is 7.58. The molecule has 5 nitrogen and oxygen atoms in total. The van der Waals surface area contributed by atoms with Crippen LogP contribution in [0.5, 0.6) is 0 Å². The number of aryl methyl sites for hydroxylation is 1. The average Bonchev–Trinajstić information content (AvgIpc) is 2.58. The van der Waals surface area contributed by atoms with Crippen LogP contribution in [0.15, 0.2) is 18.2 Å². The number of anilines is 1. The number of amides is 1. The van der Waals surface area contributed by atoms with Crippen molar-refractivity contribution in [2.75, 3.05) is 23.7 Å². The predicted octanol–water partition coefficient (Wildman–Crippen LogP) is 3.68. The monoisotopic (exact) mass is 380 g/mol. The summed E-state index contributed by atoms with van der Waals surface area (Å²) in [6.07, 6.45) is 5.22. The van der Waals surface area contributed by atoms with Crippen molar-refractivity contribution in [1.29, 1.82) is 0 Å². The molecule has 26 heavy (non-hydrogen) atoms. The van der Waals surface area contributed by atoms with E-state index in [1.165, 1.54) is 10.6 Å². The maximum atomic E-state index is 13.0. The summed E-state index contributed by atoms with van der Waals surface area (Å²) in [4.78, 5) is 14.9. The van der Waals surface area contributed by atoms with Crippen LogP contribution in [-0.4, -0.2) is 44.6 Å². The molecule has 1 atom stereocenters. The number of hydrogen-bond acceptors (Lipinski definition) is 3. The molecule has 1 saturated heterocycles. The lowest BCUT2D eigenvalue weighted by Crippen LogP contribution is -2.49. The summed E-state index contributed by atoms with van der Waals surface area (Å²) in [5.41, 5.74) is 2.48. The standard InChI is InChI=1S/C20H32N2O3S/c1-6-17-11-7-8-13-21(17)19(23)14-22(26(5,24)25)20-16(4)10-9-12-18(20)15(2)3/h9-10,12,15,17H,6-8,11,13-14H2,1-5H3. The van der Waals surface area contributed by atoms with Crippen LogP contribution in [0, 0.1) is 6.92 Å². The molecule has 0 spiro atoms. The highest BCUT2D eigenvalue weighted by Gasteiger charge is 2.31. The van der Waals surface area contributed by atoms with Crippen molar-refractivity contribution in [2.24, 2.45) is 0 Å². The molecule has 6 heteroatoms. The van der Waals surface area contributed by atoms with E-state index >= 15 is 0 Å². The number of benzene rings is 1. The fraction of sp³-hybridized carbons (Fsp3) is 0.650. The highest BCUT2D eigenvalue weighted by molar-refractivity contribution is 7.92. The topological polar surface area (TPSA) is 57.7 Å². The van der Waals surface area contributed by atoms with E-state index in [0.29, 0.717) is 5.69 Å². The van der Waals surface area contributed by atoms with E-state index in [4.69, 9.17) is 0 Å². The fourth-order valence-corrected chi connectivity index (χ4v) is 4.74. The van der Waals surface area contributed by atoms with E-state index in [1.54, 1.807) is 0 Å². The minimum absolute atomic E-state index is 0.0973. The number of rotatable bonds is 6. The second-order valence-corrected chi connectivity index (χ2v) is 9.49. The van der Waals surface area contributed by atoms with Crippen molar-refractivity contribution in [2.45, 2.75) is 65.3 Å². The third kappa shape index (κ3) is 4.58. The molecule has 146 valence electrons. The zero-order valence-corrected chi connectivity index (χ0v) is 17.5. The van der Waals surface area contributed by atoms with Crippen molar-refractivity contribution >= 4 is 21.6 Å². The van der Waals surface area contributed by atoms with Gasteiger partial charge in [-0.25, -0.2) is 8.42 Å². The first-order chi connectivity index (χ1) is 12.2. The third-order valence-electron chi connectivity index (χ3n) is 5.24. The quantitative estimate of drug-likeness (QED) is 0.756. The summed E-state index contributed by atoms with van der Waals surface area (Å²) < 4.78 is 26.5. The molecule has 1 heterocycles. The summed E-state index contributed by atoms with van der Waals surface area (Å²) in [7, 11) is -3.57. The molecule has 0 bridgehead atoms. The molecule has 0 N–H and O–H groups in total. The highest BCUT2D eigenvalue weighted by Crippen LogP contribution is 2.32. The largest absolute Gasteiger partial charge is 0.338 e. The number of hydrogen-bond donors (Lipinski definition) is 0. The van der Waals surface area contributed by atoms with Crippen LogP contribution >= 0.6 is 0 Å². The van der Waals surface area contributed by atoms with E-state index in [-0.39, 0.29) is 24.4 Å². The Bertz CT molecular complexity index is 743. The fourth-order valence-electron chi connectivity index (χ4n) is 3.82. The Labute approximate surface area is 158 Å². The first-order valence-corrected chi connectivity index (χ1v) is 11.4. The normalized spacial score (nSPS) is 18.2. The van der Waals surface area contributed by atoms with Crippen molar-refractivity contribution in [3.8, 4) is 0 Å². The molecule has 1 aliphatic heterocycles. The number of nitrogens with zero attached hydrogens (tertiary/aromatic N) is 2. The number of carbonyl (C=O) groups excluding carboxylic acids is 1. The van der Waals surface area contributed by atoms with Gasteiger partial charge in [-0.2, -0.15) is 0 Å². The average molecular weight is 381 g/mol. The number of para-hydroxylation sites is 1. The molecule has 1 unspecified atom stereocenters. The van der Waals surface area contributed by atoms with Gasteiger partial charge in [0.05, 0.1) is 11.9 Å². The third-order valence-corrected chi connectivity index (χ3v) is 6.35. The summed E-state index contributed by atoms with van der Waals surface area (Å²) in [5.74, 6) is 0.0718. The zero-order chi connectivity index (χ0) is 19.5. The molecule has 0 radical (unpaired) electrons. The summed E-state index contributed by atoms with van der Waals surface area (Å²) in [5, 5.41) is 0. The van der Waals surface area contributed by atoms with E-state index in [9.17, 15) is 13.2 Å². The molecule has 1 aromatic rings. The van der Waals surface area contributed by atoms with Crippen molar-refractivity contribution < 1.29 is 13.2 Å². The number of likely N-dealkylation sites (tertiary alicyclic amines) is 1. The van der Waals surface area contributed by atoms with E-state index in [2.05, 4.69) is 6.92 Å². The second kappa shape index (κ2) is 8.42. The Morgan fingerprint density at radius 1 is 1.31 bits per heavy atom. The maximum Gasteiger partial charge on any atom is 0.243 e. The van der Waals surface area contributed by atoms with Gasteiger partial charge in [0, 0.05) is 12.6 Å². The van der Waals surface area contributed by atoms with Crippen LogP contribution in [0.2, 0.25) is 0 Å². The van der Waals surface area contributed by atoms with Gasteiger partial charge in [-0.3, -0.25) is 9.10 Å². The molecule has 1 fully saturated rings. The Morgan fingerprint density at radius 2 is 2.00 bits per heavy atom. The van der Waals surface area contributed by atoms with Gasteiger partial charge in [-0.15, -0.1) is 0 Å². The van der Waals surface area contributed by atoms with Crippen molar-refractivity contribution in [1.82, 2.24) is 4.90 Å². The van der Waals surface area contributed by atoms with Crippen molar-refractivity contribution in [3.63, 3.8) is 0 Å². The Balaban J connectivity index is 2.40. The lowest BCUT2D eigenvalue weighted by molar-refractivity contribution is -0.133. The molecule has 1 aromatic carbocycles. The first-order valence-electron chi connectivity index (χ1n) is 9.53. The molecule has 0 saturated carbocycles. The van der Waals surface area contributed by atoms with Crippen LogP contribution in [-0.2, 0) is 14.8 Å². The molecule has 1 amide bonds. The summed E-state index contributed by atoms with van der Waals surface area (Å²) >= 11 is 0. The van der Waals surface area contributed by atoms with Crippen molar-refractivity contribution in [3.05, 3.63) is 29.3 Å². The number of carbonyl (C=O) groups is 1. The van der Waals surface area contributed by atoms with Gasteiger partial charge in [0.15, 0.2) is 0 Å². The molecule has 0 aliphatic carbocycles. The lowest BCUT2D eigenvalue weighted by atomic mass is 9.98. The first kappa shape index (κ1) is 20.7. The van der Waals surface area contributed by atoms with Gasteiger partial charge in [-0.1, -0.05) is 39.0 Å². The van der Waals surface area contributed by atoms with Gasteiger partial charge < -0.3 is 4.90 Å². The van der Waals surface area contributed by atoms with E-state index in [0.717, 1.165) is 43.4 Å². The predicted molar refractivity (Wildman–Crippen MR) is 107 cm³/mol. The van der Waals surface area contributed by atoms with Gasteiger partial charge in [0.25, 0.3) is 0 Å². The van der Waals surface area contributed by atoms with E-state index < -0.39 is 10.0 Å². The number of sulfonamides is 1. The SMILES string of the molecule is CCC1CCCCN1C(=O)CN(c1c(C)cccc1C(C)C)S(C)(=O)=O. The molecule has 2 rings (SSSR count). The van der Waals surface area contributed by atoms with Gasteiger partial charge in [-0.05, 0) is 49.7 Å². The molecular weight excluding hydrogens is 348 g/mol. The Morgan fingerprint density at radius 3 is 2.58 bits per heavy atom. The zero-order valence-electron chi connectivity index (χ0n) is 16.7. The smallest absolute Gasteiger partial charge is 0.243 e. The number of piperidine rings is 1. The van der Waals surface area contributed by atoms with Crippen LogP contribution in [0.25, 0.3) is 0 Å². The Kier molecular flexibility index (Phi) is 6.72. The van der Waals surface area contributed by atoms with Gasteiger partial charge >= 0.3 is 0 Å². The van der Waals surface area contributed by atoms with Gasteiger partial charge in [0.2, 0.25) is 15.9 Å². The van der Waals surface area contributed by atoms with Crippen LogP contribution in [0.3, 0.4) is 0 Å². The summed E-state index contributed by atoms with van der Waals surface area (Å²) in [6.45, 7) is 8.67. The van der Waals surface area contributed by atoms with Crippen LogP contribution in [0.1, 0.15) is 63.5 Å². The van der Waals surface area contributed by atoms with E-state index in [1.807, 2.05) is 43.9 Å². The molecule has 0 aromatic heterocycles. The van der Waals surface area contributed by atoms with Gasteiger partial charge in [0.1, 0.15) is 6.54 Å². The highest BCUT2D eigenvalue weighted by atomic mass is 32.2. The molecule has 1 aliphatic rings.